The minimum atomic E-state index is -1.10. The van der Waals surface area contributed by atoms with Gasteiger partial charge in [0.05, 0.1) is 0 Å². The molecule has 1 heterocycles. The van der Waals surface area contributed by atoms with E-state index in [1.807, 2.05) is 0 Å². The van der Waals surface area contributed by atoms with Gasteiger partial charge in [-0.15, -0.1) is 0 Å². The Balaban J connectivity index is 2.95. The summed E-state index contributed by atoms with van der Waals surface area (Å²) in [4.78, 5) is 14.4. The van der Waals surface area contributed by atoms with E-state index in [-0.39, 0.29) is 17.5 Å². The molecule has 1 unspecified atom stereocenters. The van der Waals surface area contributed by atoms with Crippen LogP contribution in [0, 0.1) is 0 Å². The summed E-state index contributed by atoms with van der Waals surface area (Å²) in [5, 5.41) is 8.78. The molecule has 0 radical (unpaired) electrons. The third-order valence-corrected chi connectivity index (χ3v) is 1.62. The molecule has 14 heavy (non-hydrogen) atoms. The predicted octanol–water partition coefficient (Wildman–Crippen LogP) is 1.73. The van der Waals surface area contributed by atoms with Gasteiger partial charge < -0.3 is 9.84 Å². The molecule has 0 saturated heterocycles. The highest BCUT2D eigenvalue weighted by Crippen LogP contribution is 2.16. The van der Waals surface area contributed by atoms with Crippen LogP contribution >= 0.6 is 0 Å². The van der Waals surface area contributed by atoms with Crippen molar-refractivity contribution in [1.82, 2.24) is 4.98 Å². The van der Waals surface area contributed by atoms with Crippen molar-refractivity contribution >= 4 is 5.97 Å². The molecule has 0 saturated carbocycles. The molecular weight excluding hydrogens is 182 g/mol. The fraction of sp³-hybridized carbons (Fsp3) is 0.200. The van der Waals surface area contributed by atoms with Crippen molar-refractivity contribution in [2.45, 2.75) is 13.0 Å². The van der Waals surface area contributed by atoms with Crippen molar-refractivity contribution in [2.24, 2.45) is 0 Å². The van der Waals surface area contributed by atoms with Crippen molar-refractivity contribution in [3.05, 3.63) is 36.7 Å². The number of carboxylic acids is 1. The lowest BCUT2D eigenvalue weighted by Gasteiger charge is -2.11. The summed E-state index contributed by atoms with van der Waals surface area (Å²) < 4.78 is 5.29. The molecule has 74 valence electrons. The highest BCUT2D eigenvalue weighted by Gasteiger charge is 2.13. The van der Waals surface area contributed by atoms with E-state index in [1.165, 1.54) is 6.20 Å². The number of aromatic carboxylic acids is 1. The van der Waals surface area contributed by atoms with Gasteiger partial charge in [0.2, 0.25) is 0 Å². The number of carboxylic acid groups (broad SMARTS) is 1. The smallest absolute Gasteiger partial charge is 0.358 e. The van der Waals surface area contributed by atoms with Crippen LogP contribution in [0.1, 0.15) is 17.4 Å². The van der Waals surface area contributed by atoms with E-state index < -0.39 is 5.97 Å². The third kappa shape index (κ3) is 2.32. The summed E-state index contributed by atoms with van der Waals surface area (Å²) in [5.74, 6) is -0.843. The normalized spacial score (nSPS) is 11.8. The molecule has 0 amide bonds. The maximum absolute atomic E-state index is 10.7. The highest BCUT2D eigenvalue weighted by molar-refractivity contribution is 5.88. The molecule has 1 aromatic heterocycles. The zero-order valence-corrected chi connectivity index (χ0v) is 7.80. The zero-order chi connectivity index (χ0) is 10.6. The molecule has 4 heteroatoms. The second kappa shape index (κ2) is 4.41. The van der Waals surface area contributed by atoms with Gasteiger partial charge in [-0.2, -0.15) is 0 Å². The Morgan fingerprint density at radius 1 is 1.79 bits per heavy atom. The average Bonchev–Trinajstić information content (AvgIpc) is 2.18. The molecule has 1 rings (SSSR count). The van der Waals surface area contributed by atoms with Crippen LogP contribution < -0.4 is 4.74 Å². The fourth-order valence-corrected chi connectivity index (χ4v) is 0.895. The summed E-state index contributed by atoms with van der Waals surface area (Å²) in [6.07, 6.45) is 2.75. The SMILES string of the molecule is C=CC(C)Oc1cccnc1C(=O)O. The topological polar surface area (TPSA) is 59.4 Å². The maximum Gasteiger partial charge on any atom is 0.358 e. The van der Waals surface area contributed by atoms with Crippen molar-refractivity contribution < 1.29 is 14.6 Å². The summed E-state index contributed by atoms with van der Waals surface area (Å²) >= 11 is 0. The van der Waals surface area contributed by atoms with Crippen LogP contribution in [-0.4, -0.2) is 22.2 Å². The van der Waals surface area contributed by atoms with Crippen LogP contribution in [-0.2, 0) is 0 Å². The van der Waals surface area contributed by atoms with E-state index in [2.05, 4.69) is 11.6 Å². The molecular formula is C10H11NO3. The van der Waals surface area contributed by atoms with Crippen molar-refractivity contribution in [3.63, 3.8) is 0 Å². The largest absolute Gasteiger partial charge is 0.484 e. The maximum atomic E-state index is 10.7. The quantitative estimate of drug-likeness (QED) is 0.740. The van der Waals surface area contributed by atoms with Gasteiger partial charge in [0.15, 0.2) is 11.4 Å². The van der Waals surface area contributed by atoms with Crippen molar-refractivity contribution in [1.29, 1.82) is 0 Å². The Hall–Kier alpha value is -1.84. The minimum absolute atomic E-state index is 0.0822. The molecule has 1 atom stereocenters. The molecule has 1 aromatic rings. The molecule has 0 aromatic carbocycles. The first-order chi connectivity index (χ1) is 6.65. The first-order valence-corrected chi connectivity index (χ1v) is 4.12. The molecule has 0 aliphatic rings. The van der Waals surface area contributed by atoms with Gasteiger partial charge >= 0.3 is 5.97 Å². The van der Waals surface area contributed by atoms with E-state index in [9.17, 15) is 4.79 Å². The van der Waals surface area contributed by atoms with Gasteiger partial charge in [0.25, 0.3) is 0 Å². The molecule has 1 N–H and O–H groups in total. The van der Waals surface area contributed by atoms with Crippen LogP contribution in [0.15, 0.2) is 31.0 Å². The summed E-state index contributed by atoms with van der Waals surface area (Å²) in [5.41, 5.74) is -0.0822. The molecule has 0 bridgehead atoms. The third-order valence-electron chi connectivity index (χ3n) is 1.62. The predicted molar refractivity (Wildman–Crippen MR) is 51.5 cm³/mol. The van der Waals surface area contributed by atoms with E-state index in [0.717, 1.165) is 0 Å². The van der Waals surface area contributed by atoms with E-state index in [1.54, 1.807) is 25.1 Å². The van der Waals surface area contributed by atoms with Gasteiger partial charge in [0.1, 0.15) is 6.10 Å². The lowest BCUT2D eigenvalue weighted by molar-refractivity contribution is 0.0684. The van der Waals surface area contributed by atoms with Gasteiger partial charge in [-0.05, 0) is 19.1 Å². The number of nitrogens with zero attached hydrogens (tertiary/aromatic N) is 1. The second-order valence-electron chi connectivity index (χ2n) is 2.71. The Kier molecular flexibility index (Phi) is 3.23. The first-order valence-electron chi connectivity index (χ1n) is 4.12. The van der Waals surface area contributed by atoms with Crippen LogP contribution in [0.4, 0.5) is 0 Å². The van der Waals surface area contributed by atoms with Crippen molar-refractivity contribution in [3.8, 4) is 5.75 Å². The number of hydrogen-bond acceptors (Lipinski definition) is 3. The van der Waals surface area contributed by atoms with Gasteiger partial charge in [0, 0.05) is 6.20 Å². The van der Waals surface area contributed by atoms with Crippen LogP contribution in [0.2, 0.25) is 0 Å². The average molecular weight is 193 g/mol. The summed E-state index contributed by atoms with van der Waals surface area (Å²) in [6.45, 7) is 5.31. The van der Waals surface area contributed by atoms with Gasteiger partial charge in [-0.1, -0.05) is 12.7 Å². The molecule has 0 aliphatic heterocycles. The van der Waals surface area contributed by atoms with E-state index >= 15 is 0 Å². The van der Waals surface area contributed by atoms with E-state index in [0.29, 0.717) is 0 Å². The Labute approximate surface area is 81.9 Å². The lowest BCUT2D eigenvalue weighted by atomic mass is 10.3. The summed E-state index contributed by atoms with van der Waals surface area (Å²) in [6, 6.07) is 3.19. The van der Waals surface area contributed by atoms with Crippen molar-refractivity contribution in [2.75, 3.05) is 0 Å². The Bertz CT molecular complexity index is 349. The standard InChI is InChI=1S/C10H11NO3/c1-3-7(2)14-8-5-4-6-11-9(8)10(12)13/h3-7H,1H2,2H3,(H,12,13). The number of pyridine rings is 1. The Morgan fingerprint density at radius 2 is 2.50 bits per heavy atom. The molecule has 0 spiro atoms. The van der Waals surface area contributed by atoms with E-state index in [4.69, 9.17) is 9.84 Å². The van der Waals surface area contributed by atoms with Crippen LogP contribution in [0.5, 0.6) is 5.75 Å². The number of ether oxygens (including phenoxy) is 1. The fourth-order valence-electron chi connectivity index (χ4n) is 0.895. The lowest BCUT2D eigenvalue weighted by Crippen LogP contribution is -2.11. The number of hydrogen-bond donors (Lipinski definition) is 1. The zero-order valence-electron chi connectivity index (χ0n) is 7.80. The van der Waals surface area contributed by atoms with Gasteiger partial charge in [-0.25, -0.2) is 9.78 Å². The second-order valence-corrected chi connectivity index (χ2v) is 2.71. The van der Waals surface area contributed by atoms with Gasteiger partial charge in [-0.3, -0.25) is 0 Å². The molecule has 4 nitrogen and oxygen atoms in total. The molecule has 0 aliphatic carbocycles. The number of rotatable bonds is 4. The number of carbonyl (C=O) groups is 1. The molecule has 0 fully saturated rings. The monoisotopic (exact) mass is 193 g/mol. The van der Waals surface area contributed by atoms with Crippen LogP contribution in [0.25, 0.3) is 0 Å². The minimum Gasteiger partial charge on any atom is -0.484 e. The first kappa shape index (κ1) is 10.2. The summed E-state index contributed by atoms with van der Waals surface area (Å²) in [7, 11) is 0. The highest BCUT2D eigenvalue weighted by atomic mass is 16.5. The Morgan fingerprint density at radius 3 is 3.07 bits per heavy atom. The van der Waals surface area contributed by atoms with Crippen LogP contribution in [0.3, 0.4) is 0 Å². The number of aromatic nitrogens is 1.